The average molecular weight is 396 g/mol. The first-order chi connectivity index (χ1) is 13.9. The molecule has 29 heavy (non-hydrogen) atoms. The molecule has 0 radical (unpaired) electrons. The molecule has 1 spiro atoms. The van der Waals surface area contributed by atoms with E-state index in [2.05, 4.69) is 10.5 Å². The van der Waals surface area contributed by atoms with Crippen LogP contribution in [-0.4, -0.2) is 37.6 Å². The van der Waals surface area contributed by atoms with E-state index < -0.39 is 11.2 Å². The quantitative estimate of drug-likeness (QED) is 0.460. The number of hydrogen-bond acceptors (Lipinski definition) is 5. The van der Waals surface area contributed by atoms with Gasteiger partial charge in [0.05, 0.1) is 5.69 Å². The van der Waals surface area contributed by atoms with Crippen LogP contribution in [-0.2, 0) is 0 Å². The standard InChI is InChI=1S/C22H25FN4O2/c1-21(2)20(16-11-13-17(23)14-12-16)26(28)22(27(21)29)15-7-6-10-19(22)25-24-18-8-4-3-5-9-18/h3-5,8-9,11-14,24,29H,6-7,10,15H2,1-2H3/t22-/m1/s1. The van der Waals surface area contributed by atoms with E-state index in [4.69, 9.17) is 0 Å². The highest BCUT2D eigenvalue weighted by Crippen LogP contribution is 2.42. The molecule has 1 fully saturated rings. The number of rotatable bonds is 3. The number of halogens is 1. The zero-order chi connectivity index (χ0) is 20.6. The number of anilines is 1. The SMILES string of the molecule is CC1(C)C(c2ccc(F)cc2)=[N+]([O-])[C@]2(CCCCC2=NNc2ccccc2)N1O. The third kappa shape index (κ3) is 3.10. The number of para-hydroxylation sites is 1. The maximum absolute atomic E-state index is 13.7. The second kappa shape index (κ2) is 7.24. The molecule has 2 aromatic carbocycles. The number of benzene rings is 2. The normalized spacial score (nSPS) is 25.7. The summed E-state index contributed by atoms with van der Waals surface area (Å²) < 4.78 is 14.3. The Hall–Kier alpha value is -2.77. The fourth-order valence-electron chi connectivity index (χ4n) is 4.41. The fourth-order valence-corrected chi connectivity index (χ4v) is 4.41. The van der Waals surface area contributed by atoms with Gasteiger partial charge in [-0.2, -0.15) is 9.84 Å². The predicted molar refractivity (Wildman–Crippen MR) is 111 cm³/mol. The van der Waals surface area contributed by atoms with Crippen LogP contribution in [0.3, 0.4) is 0 Å². The second-order valence-electron chi connectivity index (χ2n) is 8.08. The van der Waals surface area contributed by atoms with E-state index in [1.54, 1.807) is 26.0 Å². The fraction of sp³-hybridized carbons (Fsp3) is 0.364. The van der Waals surface area contributed by atoms with Crippen LogP contribution in [0.5, 0.6) is 0 Å². The van der Waals surface area contributed by atoms with Crippen LogP contribution in [0.15, 0.2) is 59.7 Å². The average Bonchev–Trinajstić information content (AvgIpc) is 2.87. The summed E-state index contributed by atoms with van der Waals surface area (Å²) in [6.07, 6.45) is 2.75. The smallest absolute Gasteiger partial charge is 0.292 e. The Balaban J connectivity index is 1.81. The Morgan fingerprint density at radius 3 is 2.48 bits per heavy atom. The van der Waals surface area contributed by atoms with E-state index in [1.807, 2.05) is 30.3 Å². The first-order valence-corrected chi connectivity index (χ1v) is 9.85. The maximum Gasteiger partial charge on any atom is 0.292 e. The van der Waals surface area contributed by atoms with Crippen LogP contribution in [0, 0.1) is 11.0 Å². The van der Waals surface area contributed by atoms with Crippen molar-refractivity contribution in [2.75, 3.05) is 5.43 Å². The summed E-state index contributed by atoms with van der Waals surface area (Å²) in [5.74, 6) is -0.370. The molecule has 2 aromatic rings. The van der Waals surface area contributed by atoms with Crippen molar-refractivity contribution in [1.29, 1.82) is 0 Å². The Labute approximate surface area is 169 Å². The number of nitrogens with one attached hydrogen (secondary N) is 1. The van der Waals surface area contributed by atoms with E-state index >= 15 is 0 Å². The van der Waals surface area contributed by atoms with E-state index in [1.165, 1.54) is 12.1 Å². The molecule has 1 aliphatic carbocycles. The second-order valence-corrected chi connectivity index (χ2v) is 8.08. The molecule has 2 aliphatic rings. The van der Waals surface area contributed by atoms with Gasteiger partial charge in [0.1, 0.15) is 17.1 Å². The third-order valence-electron chi connectivity index (χ3n) is 5.86. The minimum absolute atomic E-state index is 0.370. The highest BCUT2D eigenvalue weighted by Gasteiger charge is 2.65. The van der Waals surface area contributed by atoms with Gasteiger partial charge in [-0.3, -0.25) is 5.43 Å². The highest BCUT2D eigenvalue weighted by molar-refractivity contribution is 6.07. The molecule has 1 aliphatic heterocycles. The number of hydrazone groups is 1. The molecule has 2 N–H and O–H groups in total. The van der Waals surface area contributed by atoms with Crippen LogP contribution in [0.2, 0.25) is 0 Å². The lowest BCUT2D eigenvalue weighted by Crippen LogP contribution is -2.61. The molecular formula is C22H25FN4O2. The zero-order valence-electron chi connectivity index (χ0n) is 16.6. The molecule has 1 atom stereocenters. The van der Waals surface area contributed by atoms with Gasteiger partial charge < -0.3 is 10.4 Å². The summed E-state index contributed by atoms with van der Waals surface area (Å²) in [6, 6.07) is 15.3. The Kier molecular flexibility index (Phi) is 4.88. The van der Waals surface area contributed by atoms with Crippen molar-refractivity contribution in [1.82, 2.24) is 5.06 Å². The molecule has 1 saturated carbocycles. The molecule has 0 amide bonds. The minimum atomic E-state index is -1.28. The lowest BCUT2D eigenvalue weighted by Gasteiger charge is -2.38. The van der Waals surface area contributed by atoms with Gasteiger partial charge in [-0.15, -0.1) is 5.06 Å². The van der Waals surface area contributed by atoms with Crippen molar-refractivity contribution in [2.45, 2.75) is 50.7 Å². The molecule has 0 bridgehead atoms. The molecule has 4 rings (SSSR count). The topological polar surface area (TPSA) is 73.9 Å². The molecule has 0 unspecified atom stereocenters. The first-order valence-electron chi connectivity index (χ1n) is 9.85. The number of nitrogens with zero attached hydrogens (tertiary/aromatic N) is 3. The molecule has 7 heteroatoms. The summed E-state index contributed by atoms with van der Waals surface area (Å²) >= 11 is 0. The van der Waals surface area contributed by atoms with Crippen molar-refractivity contribution in [3.05, 3.63) is 71.2 Å². The lowest BCUT2D eigenvalue weighted by molar-refractivity contribution is -0.568. The molecule has 152 valence electrons. The largest absolute Gasteiger partial charge is 0.622 e. The van der Waals surface area contributed by atoms with Crippen molar-refractivity contribution >= 4 is 17.1 Å². The maximum atomic E-state index is 13.7. The van der Waals surface area contributed by atoms with Crippen LogP contribution >= 0.6 is 0 Å². The first kappa shape index (κ1) is 19.5. The van der Waals surface area contributed by atoms with Crippen molar-refractivity contribution in [3.8, 4) is 0 Å². The summed E-state index contributed by atoms with van der Waals surface area (Å²) in [6.45, 7) is 3.59. The van der Waals surface area contributed by atoms with Gasteiger partial charge in [-0.1, -0.05) is 18.2 Å². The summed E-state index contributed by atoms with van der Waals surface area (Å²) in [5.41, 5.74) is 3.15. The van der Waals surface area contributed by atoms with Gasteiger partial charge in [0.15, 0.2) is 0 Å². The van der Waals surface area contributed by atoms with Gasteiger partial charge in [-0.05, 0) is 69.5 Å². The van der Waals surface area contributed by atoms with E-state index in [0.29, 0.717) is 29.8 Å². The zero-order valence-corrected chi connectivity index (χ0v) is 16.6. The Bertz CT molecular complexity index is 957. The Morgan fingerprint density at radius 2 is 1.79 bits per heavy atom. The highest BCUT2D eigenvalue weighted by atomic mass is 19.1. The van der Waals surface area contributed by atoms with Gasteiger partial charge in [0.2, 0.25) is 5.71 Å². The molecule has 0 saturated heterocycles. The van der Waals surface area contributed by atoms with E-state index in [-0.39, 0.29) is 5.82 Å². The predicted octanol–water partition coefficient (Wildman–Crippen LogP) is 4.35. The van der Waals surface area contributed by atoms with Crippen molar-refractivity contribution < 1.29 is 14.3 Å². The van der Waals surface area contributed by atoms with Gasteiger partial charge in [-0.25, -0.2) is 4.39 Å². The van der Waals surface area contributed by atoms with E-state index in [9.17, 15) is 14.8 Å². The van der Waals surface area contributed by atoms with E-state index in [0.717, 1.165) is 28.3 Å². The van der Waals surface area contributed by atoms with Crippen LogP contribution in [0.4, 0.5) is 10.1 Å². The number of hydroxylamine groups is 3. The van der Waals surface area contributed by atoms with Gasteiger partial charge >= 0.3 is 0 Å². The monoisotopic (exact) mass is 396 g/mol. The van der Waals surface area contributed by atoms with Crippen LogP contribution in [0.1, 0.15) is 45.1 Å². The summed E-state index contributed by atoms with van der Waals surface area (Å²) in [7, 11) is 0. The Morgan fingerprint density at radius 1 is 1.10 bits per heavy atom. The van der Waals surface area contributed by atoms with Crippen molar-refractivity contribution in [2.24, 2.45) is 5.10 Å². The minimum Gasteiger partial charge on any atom is -0.622 e. The molecule has 0 aromatic heterocycles. The summed E-state index contributed by atoms with van der Waals surface area (Å²) in [4.78, 5) is 0. The third-order valence-corrected chi connectivity index (χ3v) is 5.86. The van der Waals surface area contributed by atoms with Gasteiger partial charge in [0, 0.05) is 12.0 Å². The van der Waals surface area contributed by atoms with Crippen LogP contribution in [0.25, 0.3) is 0 Å². The lowest BCUT2D eigenvalue weighted by atomic mass is 9.86. The molecule has 1 heterocycles. The van der Waals surface area contributed by atoms with Crippen molar-refractivity contribution in [3.63, 3.8) is 0 Å². The molecule has 6 nitrogen and oxygen atoms in total. The van der Waals surface area contributed by atoms with Crippen LogP contribution < -0.4 is 5.43 Å². The summed E-state index contributed by atoms with van der Waals surface area (Å²) in [5, 5.41) is 30.6. The molecular weight excluding hydrogens is 371 g/mol. The number of hydrogen-bond donors (Lipinski definition) is 2. The van der Waals surface area contributed by atoms with Gasteiger partial charge in [0.25, 0.3) is 5.66 Å².